The third-order valence-corrected chi connectivity index (χ3v) is 5.16. The van der Waals surface area contributed by atoms with E-state index >= 15 is 0 Å². The molecule has 2 aliphatic rings. The fourth-order valence-corrected chi connectivity index (χ4v) is 3.52. The summed E-state index contributed by atoms with van der Waals surface area (Å²) >= 11 is 0. The van der Waals surface area contributed by atoms with E-state index < -0.39 is 0 Å². The summed E-state index contributed by atoms with van der Waals surface area (Å²) in [7, 11) is 0. The SMILES string of the molecule is O=C(NCc1ccc(CN2CCC(O)CC2)cc1)C1CCNCC1. The summed E-state index contributed by atoms with van der Waals surface area (Å²) in [6.45, 7) is 5.37. The highest BCUT2D eigenvalue weighted by Gasteiger charge is 2.20. The van der Waals surface area contributed by atoms with E-state index in [1.54, 1.807) is 0 Å². The van der Waals surface area contributed by atoms with Gasteiger partial charge in [0.2, 0.25) is 5.91 Å². The highest BCUT2D eigenvalue weighted by atomic mass is 16.3. The second-order valence-corrected chi connectivity index (χ2v) is 7.07. The Morgan fingerprint density at radius 2 is 1.71 bits per heavy atom. The molecule has 1 aromatic rings. The standard InChI is InChI=1S/C19H29N3O2/c23-18-7-11-22(12-8-18)14-16-3-1-15(2-4-16)13-21-19(24)17-5-9-20-10-6-17/h1-4,17-18,20,23H,5-14H2,(H,21,24). The number of hydrogen-bond donors (Lipinski definition) is 3. The molecule has 0 unspecified atom stereocenters. The molecule has 5 nitrogen and oxygen atoms in total. The molecule has 24 heavy (non-hydrogen) atoms. The van der Waals surface area contributed by atoms with Crippen LogP contribution in [0, 0.1) is 5.92 Å². The van der Waals surface area contributed by atoms with Crippen LogP contribution in [-0.2, 0) is 17.9 Å². The van der Waals surface area contributed by atoms with E-state index in [1.807, 2.05) is 0 Å². The summed E-state index contributed by atoms with van der Waals surface area (Å²) in [5, 5.41) is 15.9. The first kappa shape index (κ1) is 17.4. The summed E-state index contributed by atoms with van der Waals surface area (Å²) in [5.74, 6) is 0.354. The Hall–Kier alpha value is -1.43. The Bertz CT molecular complexity index is 518. The van der Waals surface area contributed by atoms with Gasteiger partial charge in [-0.15, -0.1) is 0 Å². The third-order valence-electron chi connectivity index (χ3n) is 5.16. The molecular formula is C19H29N3O2. The molecule has 1 amide bonds. The molecule has 0 saturated carbocycles. The van der Waals surface area contributed by atoms with Crippen molar-refractivity contribution in [1.29, 1.82) is 0 Å². The fourth-order valence-electron chi connectivity index (χ4n) is 3.52. The molecule has 0 aromatic heterocycles. The van der Waals surface area contributed by atoms with Crippen molar-refractivity contribution in [3.05, 3.63) is 35.4 Å². The van der Waals surface area contributed by atoms with Gasteiger partial charge in [-0.05, 0) is 49.9 Å². The Balaban J connectivity index is 1.43. The maximum Gasteiger partial charge on any atom is 0.223 e. The van der Waals surface area contributed by atoms with Gasteiger partial charge in [-0.25, -0.2) is 0 Å². The number of carbonyl (C=O) groups is 1. The number of piperidine rings is 2. The monoisotopic (exact) mass is 331 g/mol. The average Bonchev–Trinajstić information content (AvgIpc) is 2.63. The quantitative estimate of drug-likeness (QED) is 0.760. The predicted octanol–water partition coefficient (Wildman–Crippen LogP) is 1.26. The van der Waals surface area contributed by atoms with Crippen LogP contribution in [0.5, 0.6) is 0 Å². The van der Waals surface area contributed by atoms with Gasteiger partial charge in [0.05, 0.1) is 6.10 Å². The third kappa shape index (κ3) is 5.03. The molecular weight excluding hydrogens is 302 g/mol. The Morgan fingerprint density at radius 1 is 1.08 bits per heavy atom. The topological polar surface area (TPSA) is 64.6 Å². The molecule has 2 saturated heterocycles. The van der Waals surface area contributed by atoms with Crippen LogP contribution in [0.1, 0.15) is 36.8 Å². The molecule has 132 valence electrons. The minimum atomic E-state index is -0.118. The zero-order valence-corrected chi connectivity index (χ0v) is 14.3. The van der Waals surface area contributed by atoms with E-state index in [0.717, 1.165) is 64.0 Å². The van der Waals surface area contributed by atoms with Crippen LogP contribution >= 0.6 is 0 Å². The van der Waals surface area contributed by atoms with E-state index in [9.17, 15) is 9.90 Å². The number of carbonyl (C=O) groups excluding carboxylic acids is 1. The number of likely N-dealkylation sites (tertiary alicyclic amines) is 1. The normalized spacial score (nSPS) is 20.9. The minimum absolute atomic E-state index is 0.118. The van der Waals surface area contributed by atoms with Gasteiger partial charge in [0.1, 0.15) is 0 Å². The smallest absolute Gasteiger partial charge is 0.223 e. The first-order valence-electron chi connectivity index (χ1n) is 9.17. The highest BCUT2D eigenvalue weighted by Crippen LogP contribution is 2.15. The zero-order valence-electron chi connectivity index (χ0n) is 14.3. The number of hydrogen-bond acceptors (Lipinski definition) is 4. The molecule has 0 atom stereocenters. The van der Waals surface area contributed by atoms with Crippen LogP contribution < -0.4 is 10.6 Å². The zero-order chi connectivity index (χ0) is 16.8. The van der Waals surface area contributed by atoms with E-state index in [0.29, 0.717) is 6.54 Å². The molecule has 2 aliphatic heterocycles. The number of rotatable bonds is 5. The Kier molecular flexibility index (Phi) is 6.24. The van der Waals surface area contributed by atoms with Crippen LogP contribution in [0.2, 0.25) is 0 Å². The van der Waals surface area contributed by atoms with Crippen molar-refractivity contribution < 1.29 is 9.90 Å². The summed E-state index contributed by atoms with van der Waals surface area (Å²) in [6.07, 6.45) is 3.51. The molecule has 1 aromatic carbocycles. The van der Waals surface area contributed by atoms with Crippen LogP contribution in [0.25, 0.3) is 0 Å². The van der Waals surface area contributed by atoms with Crippen molar-refractivity contribution in [3.8, 4) is 0 Å². The molecule has 2 heterocycles. The van der Waals surface area contributed by atoms with Gasteiger partial charge in [0.25, 0.3) is 0 Å². The van der Waals surface area contributed by atoms with Gasteiger partial charge >= 0.3 is 0 Å². The number of aliphatic hydroxyl groups excluding tert-OH is 1. The Morgan fingerprint density at radius 3 is 2.38 bits per heavy atom. The minimum Gasteiger partial charge on any atom is -0.393 e. The van der Waals surface area contributed by atoms with Gasteiger partial charge < -0.3 is 15.7 Å². The lowest BCUT2D eigenvalue weighted by Gasteiger charge is -2.29. The molecule has 3 N–H and O–H groups in total. The van der Waals surface area contributed by atoms with Crippen molar-refractivity contribution in [3.63, 3.8) is 0 Å². The van der Waals surface area contributed by atoms with E-state index in [1.165, 1.54) is 5.56 Å². The lowest BCUT2D eigenvalue weighted by atomic mass is 9.97. The van der Waals surface area contributed by atoms with Crippen molar-refractivity contribution in [1.82, 2.24) is 15.5 Å². The predicted molar refractivity (Wildman–Crippen MR) is 94.4 cm³/mol. The average molecular weight is 331 g/mol. The molecule has 3 rings (SSSR count). The maximum absolute atomic E-state index is 12.2. The number of nitrogens with zero attached hydrogens (tertiary/aromatic N) is 1. The molecule has 0 aliphatic carbocycles. The fraction of sp³-hybridized carbons (Fsp3) is 0.632. The van der Waals surface area contributed by atoms with E-state index in [-0.39, 0.29) is 17.9 Å². The first-order valence-corrected chi connectivity index (χ1v) is 9.17. The van der Waals surface area contributed by atoms with E-state index in [2.05, 4.69) is 39.8 Å². The molecule has 0 radical (unpaired) electrons. The van der Waals surface area contributed by atoms with Gasteiger partial charge in [-0.2, -0.15) is 0 Å². The van der Waals surface area contributed by atoms with Crippen molar-refractivity contribution in [2.45, 2.75) is 44.9 Å². The lowest BCUT2D eigenvalue weighted by Crippen LogP contribution is -2.37. The van der Waals surface area contributed by atoms with Crippen LogP contribution in [0.4, 0.5) is 0 Å². The molecule has 0 bridgehead atoms. The first-order chi connectivity index (χ1) is 11.7. The van der Waals surface area contributed by atoms with Crippen LogP contribution in [-0.4, -0.2) is 48.2 Å². The van der Waals surface area contributed by atoms with Crippen LogP contribution in [0.15, 0.2) is 24.3 Å². The molecule has 0 spiro atoms. The van der Waals surface area contributed by atoms with Crippen LogP contribution in [0.3, 0.4) is 0 Å². The second-order valence-electron chi connectivity index (χ2n) is 7.07. The van der Waals surface area contributed by atoms with Gasteiger partial charge in [0.15, 0.2) is 0 Å². The number of benzene rings is 1. The summed E-state index contributed by atoms with van der Waals surface area (Å²) in [6, 6.07) is 8.52. The lowest BCUT2D eigenvalue weighted by molar-refractivity contribution is -0.125. The van der Waals surface area contributed by atoms with Crippen molar-refractivity contribution in [2.24, 2.45) is 5.92 Å². The van der Waals surface area contributed by atoms with E-state index in [4.69, 9.17) is 0 Å². The molecule has 5 heteroatoms. The van der Waals surface area contributed by atoms with Gasteiger partial charge in [-0.1, -0.05) is 24.3 Å². The Labute approximate surface area is 144 Å². The highest BCUT2D eigenvalue weighted by molar-refractivity contribution is 5.78. The van der Waals surface area contributed by atoms with Gasteiger partial charge in [0, 0.05) is 32.1 Å². The number of amides is 1. The summed E-state index contributed by atoms with van der Waals surface area (Å²) in [4.78, 5) is 14.6. The second kappa shape index (κ2) is 8.60. The maximum atomic E-state index is 12.2. The summed E-state index contributed by atoms with van der Waals surface area (Å²) in [5.41, 5.74) is 2.44. The number of aliphatic hydroxyl groups is 1. The molecule has 2 fully saturated rings. The summed E-state index contributed by atoms with van der Waals surface area (Å²) < 4.78 is 0. The largest absolute Gasteiger partial charge is 0.393 e. The van der Waals surface area contributed by atoms with Crippen molar-refractivity contribution in [2.75, 3.05) is 26.2 Å². The van der Waals surface area contributed by atoms with Crippen molar-refractivity contribution >= 4 is 5.91 Å². The van der Waals surface area contributed by atoms with Gasteiger partial charge in [-0.3, -0.25) is 9.69 Å². The number of nitrogens with one attached hydrogen (secondary N) is 2.